The number of aromatic nitrogens is 2. The summed E-state index contributed by atoms with van der Waals surface area (Å²) < 4.78 is 7.15. The first-order chi connectivity index (χ1) is 10.3. The maximum atomic E-state index is 12.3. The van der Waals surface area contributed by atoms with Crippen LogP contribution in [0.25, 0.3) is 0 Å². The van der Waals surface area contributed by atoms with Crippen LogP contribution in [0.4, 0.5) is 0 Å². The molecule has 1 amide bonds. The van der Waals surface area contributed by atoms with E-state index < -0.39 is 0 Å². The summed E-state index contributed by atoms with van der Waals surface area (Å²) in [5.41, 5.74) is 2.79. The average Bonchev–Trinajstić information content (AvgIpc) is 2.86. The highest BCUT2D eigenvalue weighted by molar-refractivity contribution is 5.94. The summed E-state index contributed by atoms with van der Waals surface area (Å²) in [5, 5.41) is 10.7. The van der Waals surface area contributed by atoms with Crippen LogP contribution in [0.2, 0.25) is 0 Å². The van der Waals surface area contributed by atoms with Crippen molar-refractivity contribution in [2.45, 2.75) is 13.0 Å². The SMILES string of the molecule is Cn1nc(C(=O)NCCN2CCOCC2)c2c1CCNC2. The highest BCUT2D eigenvalue weighted by atomic mass is 16.5. The van der Waals surface area contributed by atoms with Crippen molar-refractivity contribution in [3.63, 3.8) is 0 Å². The fourth-order valence-electron chi connectivity index (χ4n) is 2.94. The molecule has 0 aliphatic carbocycles. The number of hydrogen-bond donors (Lipinski definition) is 2. The van der Waals surface area contributed by atoms with E-state index in [-0.39, 0.29) is 5.91 Å². The maximum absolute atomic E-state index is 12.3. The van der Waals surface area contributed by atoms with Crippen LogP contribution >= 0.6 is 0 Å². The minimum atomic E-state index is -0.0659. The summed E-state index contributed by atoms with van der Waals surface area (Å²) >= 11 is 0. The van der Waals surface area contributed by atoms with Crippen LogP contribution < -0.4 is 10.6 Å². The molecule has 0 bridgehead atoms. The van der Waals surface area contributed by atoms with Crippen LogP contribution in [0.15, 0.2) is 0 Å². The highest BCUT2D eigenvalue weighted by Gasteiger charge is 2.23. The minimum absolute atomic E-state index is 0.0659. The van der Waals surface area contributed by atoms with Crippen molar-refractivity contribution >= 4 is 5.91 Å². The molecule has 3 rings (SSSR count). The number of rotatable bonds is 4. The van der Waals surface area contributed by atoms with Crippen LogP contribution in [-0.4, -0.2) is 66.5 Å². The first-order valence-corrected chi connectivity index (χ1v) is 7.59. The van der Waals surface area contributed by atoms with Crippen molar-refractivity contribution in [1.29, 1.82) is 0 Å². The lowest BCUT2D eigenvalue weighted by atomic mass is 10.1. The van der Waals surface area contributed by atoms with Gasteiger partial charge in [-0.1, -0.05) is 0 Å². The Hall–Kier alpha value is -1.44. The van der Waals surface area contributed by atoms with Gasteiger partial charge in [-0.25, -0.2) is 0 Å². The molecule has 116 valence electrons. The van der Waals surface area contributed by atoms with E-state index in [0.717, 1.165) is 57.9 Å². The summed E-state index contributed by atoms with van der Waals surface area (Å²) in [4.78, 5) is 14.6. The molecule has 2 aliphatic heterocycles. The zero-order chi connectivity index (χ0) is 14.7. The molecule has 0 saturated carbocycles. The molecule has 0 atom stereocenters. The number of morpholine rings is 1. The second kappa shape index (κ2) is 6.55. The number of ether oxygens (including phenoxy) is 1. The van der Waals surface area contributed by atoms with Gasteiger partial charge >= 0.3 is 0 Å². The molecule has 1 fully saturated rings. The molecule has 1 aromatic heterocycles. The molecule has 7 heteroatoms. The van der Waals surface area contributed by atoms with E-state index in [0.29, 0.717) is 12.2 Å². The average molecular weight is 293 g/mol. The number of nitrogens with zero attached hydrogens (tertiary/aromatic N) is 3. The Morgan fingerprint density at radius 3 is 3.05 bits per heavy atom. The predicted molar refractivity (Wildman–Crippen MR) is 78.2 cm³/mol. The van der Waals surface area contributed by atoms with Crippen LogP contribution in [0.5, 0.6) is 0 Å². The van der Waals surface area contributed by atoms with Gasteiger partial charge in [0, 0.05) is 64.0 Å². The summed E-state index contributed by atoms with van der Waals surface area (Å²) in [6.45, 7) is 6.65. The lowest BCUT2D eigenvalue weighted by molar-refractivity contribution is 0.0383. The molecule has 1 saturated heterocycles. The van der Waals surface area contributed by atoms with Gasteiger partial charge in [0.1, 0.15) is 0 Å². The molecule has 2 aliphatic rings. The van der Waals surface area contributed by atoms with Crippen molar-refractivity contribution in [2.24, 2.45) is 7.05 Å². The zero-order valence-electron chi connectivity index (χ0n) is 12.5. The van der Waals surface area contributed by atoms with Crippen molar-refractivity contribution in [3.05, 3.63) is 17.0 Å². The highest BCUT2D eigenvalue weighted by Crippen LogP contribution is 2.17. The normalized spacial score (nSPS) is 19.3. The van der Waals surface area contributed by atoms with E-state index >= 15 is 0 Å². The first-order valence-electron chi connectivity index (χ1n) is 7.59. The third-order valence-electron chi connectivity index (χ3n) is 4.15. The minimum Gasteiger partial charge on any atom is -0.379 e. The Morgan fingerprint density at radius 1 is 1.43 bits per heavy atom. The Labute approximate surface area is 124 Å². The van der Waals surface area contributed by atoms with Crippen molar-refractivity contribution in [3.8, 4) is 0 Å². The fraction of sp³-hybridized carbons (Fsp3) is 0.714. The molecule has 0 spiro atoms. The number of carbonyl (C=O) groups excluding carboxylic acids is 1. The summed E-state index contributed by atoms with van der Waals surface area (Å²) in [6.07, 6.45) is 0.930. The van der Waals surface area contributed by atoms with Gasteiger partial charge in [0.05, 0.1) is 13.2 Å². The lowest BCUT2D eigenvalue weighted by Crippen LogP contribution is -2.41. The molecule has 1 aromatic rings. The van der Waals surface area contributed by atoms with Gasteiger partial charge in [-0.2, -0.15) is 5.10 Å². The number of fused-ring (bicyclic) bond motifs is 1. The van der Waals surface area contributed by atoms with Crippen LogP contribution in [0.1, 0.15) is 21.7 Å². The van der Waals surface area contributed by atoms with E-state index in [1.807, 2.05) is 11.7 Å². The number of aryl methyl sites for hydroxylation is 1. The van der Waals surface area contributed by atoms with Crippen molar-refractivity contribution < 1.29 is 9.53 Å². The maximum Gasteiger partial charge on any atom is 0.272 e. The molecule has 3 heterocycles. The summed E-state index contributed by atoms with van der Waals surface area (Å²) in [7, 11) is 1.91. The lowest BCUT2D eigenvalue weighted by Gasteiger charge is -2.26. The number of carbonyl (C=O) groups is 1. The molecule has 2 N–H and O–H groups in total. The quantitative estimate of drug-likeness (QED) is 0.755. The van der Waals surface area contributed by atoms with Crippen LogP contribution in [-0.2, 0) is 24.8 Å². The van der Waals surface area contributed by atoms with E-state index in [9.17, 15) is 4.79 Å². The van der Waals surface area contributed by atoms with Gasteiger partial charge in [0.15, 0.2) is 5.69 Å². The molecule has 0 aromatic carbocycles. The van der Waals surface area contributed by atoms with Gasteiger partial charge in [-0.15, -0.1) is 0 Å². The van der Waals surface area contributed by atoms with E-state index in [1.54, 1.807) is 0 Å². The molecule has 21 heavy (non-hydrogen) atoms. The monoisotopic (exact) mass is 293 g/mol. The smallest absolute Gasteiger partial charge is 0.272 e. The summed E-state index contributed by atoms with van der Waals surface area (Å²) in [5.74, 6) is -0.0659. The third kappa shape index (κ3) is 3.25. The topological polar surface area (TPSA) is 71.4 Å². The Morgan fingerprint density at radius 2 is 2.24 bits per heavy atom. The Kier molecular flexibility index (Phi) is 4.52. The van der Waals surface area contributed by atoms with Gasteiger partial charge in [0.25, 0.3) is 5.91 Å². The molecule has 7 nitrogen and oxygen atoms in total. The van der Waals surface area contributed by atoms with Gasteiger partial charge in [-0.05, 0) is 0 Å². The number of nitrogens with one attached hydrogen (secondary N) is 2. The van der Waals surface area contributed by atoms with E-state index in [4.69, 9.17) is 4.74 Å². The predicted octanol–water partition coefficient (Wildman–Crippen LogP) is -0.872. The first kappa shape index (κ1) is 14.5. The third-order valence-corrected chi connectivity index (χ3v) is 4.15. The Balaban J connectivity index is 1.55. The fourth-order valence-corrected chi connectivity index (χ4v) is 2.94. The van der Waals surface area contributed by atoms with Gasteiger partial charge in [0.2, 0.25) is 0 Å². The van der Waals surface area contributed by atoms with Crippen LogP contribution in [0, 0.1) is 0 Å². The second-order valence-electron chi connectivity index (χ2n) is 5.53. The van der Waals surface area contributed by atoms with Gasteiger partial charge < -0.3 is 15.4 Å². The number of hydrogen-bond acceptors (Lipinski definition) is 5. The van der Waals surface area contributed by atoms with Crippen LogP contribution in [0.3, 0.4) is 0 Å². The van der Waals surface area contributed by atoms with Crippen molar-refractivity contribution in [1.82, 2.24) is 25.3 Å². The second-order valence-corrected chi connectivity index (χ2v) is 5.53. The Bertz CT molecular complexity index is 508. The molecular formula is C14H23N5O2. The van der Waals surface area contributed by atoms with Crippen molar-refractivity contribution in [2.75, 3.05) is 45.9 Å². The summed E-state index contributed by atoms with van der Waals surface area (Å²) in [6, 6.07) is 0. The van der Waals surface area contributed by atoms with E-state index in [2.05, 4.69) is 20.6 Å². The number of amides is 1. The van der Waals surface area contributed by atoms with Gasteiger partial charge in [-0.3, -0.25) is 14.4 Å². The molecular weight excluding hydrogens is 270 g/mol. The standard InChI is InChI=1S/C14H23N5O2/c1-18-12-2-3-15-10-11(12)13(17-18)14(20)16-4-5-19-6-8-21-9-7-19/h15H,2-10H2,1H3,(H,16,20). The largest absolute Gasteiger partial charge is 0.379 e. The zero-order valence-corrected chi connectivity index (χ0v) is 12.5. The molecule has 0 radical (unpaired) electrons. The van der Waals surface area contributed by atoms with E-state index in [1.165, 1.54) is 5.69 Å². The molecule has 0 unspecified atom stereocenters.